The number of dihydropyridines is 1. The van der Waals surface area contributed by atoms with Crippen LogP contribution < -0.4 is 10.1 Å². The van der Waals surface area contributed by atoms with E-state index in [0.29, 0.717) is 28.5 Å². The number of carbonyl (C=O) groups is 2. The van der Waals surface area contributed by atoms with Gasteiger partial charge in [-0.3, -0.25) is 14.9 Å². The molecule has 0 fully saturated rings. The first-order valence-corrected chi connectivity index (χ1v) is 12.9. The van der Waals surface area contributed by atoms with Gasteiger partial charge in [-0.05, 0) is 37.7 Å². The zero-order valence-electron chi connectivity index (χ0n) is 20.9. The molecule has 1 aliphatic heterocycles. The fourth-order valence-corrected chi connectivity index (χ4v) is 4.89. The van der Waals surface area contributed by atoms with Crippen LogP contribution in [0.1, 0.15) is 44.2 Å². The molecule has 2 atom stereocenters. The monoisotopic (exact) mass is 526 g/mol. The number of allylic oxidation sites excluding steroid dienone is 3. The molecule has 0 saturated carbocycles. The number of carbonyl (C=O) groups excluding carboxylic acids is 1. The SMILES string of the molecule is CCCSC(COC(=O)C1=C(C)NC(C)=C([N+](=O)[O-])C1c1ccccc1OCc1ccccc1)C(=O)O. The molecule has 0 spiro atoms. The van der Waals surface area contributed by atoms with E-state index in [1.54, 1.807) is 38.1 Å². The predicted molar refractivity (Wildman–Crippen MR) is 141 cm³/mol. The molecule has 0 aromatic heterocycles. The number of esters is 1. The van der Waals surface area contributed by atoms with Crippen molar-refractivity contribution < 1.29 is 29.1 Å². The summed E-state index contributed by atoms with van der Waals surface area (Å²) in [6.45, 7) is 5.01. The van der Waals surface area contributed by atoms with E-state index in [1.165, 1.54) is 11.8 Å². The Balaban J connectivity index is 1.97. The molecule has 2 unspecified atom stereocenters. The lowest BCUT2D eigenvalue weighted by atomic mass is 9.83. The van der Waals surface area contributed by atoms with E-state index in [4.69, 9.17) is 9.47 Å². The Morgan fingerprint density at radius 2 is 1.78 bits per heavy atom. The molecule has 1 aliphatic rings. The lowest BCUT2D eigenvalue weighted by molar-refractivity contribution is -0.431. The summed E-state index contributed by atoms with van der Waals surface area (Å²) in [5.41, 5.74) is 1.88. The van der Waals surface area contributed by atoms with Gasteiger partial charge in [0.1, 0.15) is 30.1 Å². The van der Waals surface area contributed by atoms with Crippen LogP contribution in [0.15, 0.2) is 77.3 Å². The number of ether oxygens (including phenoxy) is 2. The molecule has 37 heavy (non-hydrogen) atoms. The standard InChI is InChI=1S/C27H30N2O7S/c1-4-14-37-22(26(30)31)16-36-27(32)23-17(2)28-18(3)25(29(33)34)24(23)20-12-8-9-13-21(20)35-15-19-10-6-5-7-11-19/h5-13,22,24,28H,4,14-16H2,1-3H3,(H,30,31). The molecule has 196 valence electrons. The Bertz CT molecular complexity index is 1210. The molecular weight excluding hydrogens is 496 g/mol. The molecule has 0 saturated heterocycles. The molecule has 0 aliphatic carbocycles. The maximum atomic E-state index is 13.4. The Morgan fingerprint density at radius 1 is 1.11 bits per heavy atom. The topological polar surface area (TPSA) is 128 Å². The zero-order chi connectivity index (χ0) is 26.9. The number of nitrogens with zero attached hydrogens (tertiary/aromatic N) is 1. The van der Waals surface area contributed by atoms with Gasteiger partial charge < -0.3 is 19.9 Å². The van der Waals surface area contributed by atoms with Crippen molar-refractivity contribution in [1.82, 2.24) is 5.32 Å². The Labute approximate surface area is 219 Å². The van der Waals surface area contributed by atoms with Gasteiger partial charge in [-0.25, -0.2) is 4.79 Å². The van der Waals surface area contributed by atoms with E-state index in [-0.39, 0.29) is 24.5 Å². The molecule has 0 bridgehead atoms. The molecule has 0 amide bonds. The highest BCUT2D eigenvalue weighted by Crippen LogP contribution is 2.42. The van der Waals surface area contributed by atoms with Gasteiger partial charge in [-0.15, -0.1) is 11.8 Å². The van der Waals surface area contributed by atoms with E-state index in [0.717, 1.165) is 12.0 Å². The van der Waals surface area contributed by atoms with Crippen molar-refractivity contribution in [3.63, 3.8) is 0 Å². The third kappa shape index (κ3) is 6.91. The highest BCUT2D eigenvalue weighted by molar-refractivity contribution is 8.00. The fourth-order valence-electron chi connectivity index (χ4n) is 4.06. The van der Waals surface area contributed by atoms with Crippen LogP contribution in [0.25, 0.3) is 0 Å². The number of carboxylic acid groups (broad SMARTS) is 1. The molecule has 9 nitrogen and oxygen atoms in total. The molecule has 3 rings (SSSR count). The summed E-state index contributed by atoms with van der Waals surface area (Å²) in [4.78, 5) is 36.6. The summed E-state index contributed by atoms with van der Waals surface area (Å²) in [5, 5.41) is 23.7. The lowest BCUT2D eigenvalue weighted by Crippen LogP contribution is -2.33. The van der Waals surface area contributed by atoms with Crippen LogP contribution >= 0.6 is 11.8 Å². The van der Waals surface area contributed by atoms with E-state index < -0.39 is 28.0 Å². The van der Waals surface area contributed by atoms with Gasteiger partial charge in [0.05, 0.1) is 16.2 Å². The highest BCUT2D eigenvalue weighted by Gasteiger charge is 2.42. The quantitative estimate of drug-likeness (QED) is 0.226. The highest BCUT2D eigenvalue weighted by atomic mass is 32.2. The van der Waals surface area contributed by atoms with Gasteiger partial charge in [0.15, 0.2) is 0 Å². The van der Waals surface area contributed by atoms with E-state index >= 15 is 0 Å². The number of para-hydroxylation sites is 1. The summed E-state index contributed by atoms with van der Waals surface area (Å²) >= 11 is 1.18. The van der Waals surface area contributed by atoms with Crippen LogP contribution in [-0.2, 0) is 20.9 Å². The number of carboxylic acids is 1. The number of aliphatic carboxylic acids is 1. The van der Waals surface area contributed by atoms with Gasteiger partial charge >= 0.3 is 11.9 Å². The molecule has 2 aromatic carbocycles. The minimum absolute atomic E-state index is 0.0395. The summed E-state index contributed by atoms with van der Waals surface area (Å²) in [6.07, 6.45) is 0.772. The number of rotatable bonds is 12. The van der Waals surface area contributed by atoms with Gasteiger partial charge in [0, 0.05) is 11.3 Å². The summed E-state index contributed by atoms with van der Waals surface area (Å²) in [7, 11) is 0. The maximum Gasteiger partial charge on any atom is 0.337 e. The number of hydrogen-bond donors (Lipinski definition) is 2. The van der Waals surface area contributed by atoms with E-state index in [1.807, 2.05) is 37.3 Å². The van der Waals surface area contributed by atoms with Crippen molar-refractivity contribution >= 4 is 23.7 Å². The maximum absolute atomic E-state index is 13.4. The van der Waals surface area contributed by atoms with Gasteiger partial charge in [-0.1, -0.05) is 55.5 Å². The zero-order valence-corrected chi connectivity index (χ0v) is 21.7. The smallest absolute Gasteiger partial charge is 0.337 e. The lowest BCUT2D eigenvalue weighted by Gasteiger charge is -2.28. The van der Waals surface area contributed by atoms with Gasteiger partial charge in [0.25, 0.3) is 5.70 Å². The molecular formula is C27H30N2O7S. The molecule has 0 radical (unpaired) electrons. The molecule has 10 heteroatoms. The first kappa shape index (κ1) is 27.8. The second kappa shape index (κ2) is 13.0. The Morgan fingerprint density at radius 3 is 2.43 bits per heavy atom. The average molecular weight is 527 g/mol. The van der Waals surface area contributed by atoms with Crippen molar-refractivity contribution in [1.29, 1.82) is 0 Å². The summed E-state index contributed by atoms with van der Waals surface area (Å²) in [5.74, 6) is -1.99. The first-order valence-electron chi connectivity index (χ1n) is 11.8. The second-order valence-electron chi connectivity index (χ2n) is 8.47. The molecule has 2 aromatic rings. The summed E-state index contributed by atoms with van der Waals surface area (Å²) in [6, 6.07) is 16.3. The average Bonchev–Trinajstić information content (AvgIpc) is 2.87. The van der Waals surface area contributed by atoms with Crippen molar-refractivity contribution in [2.45, 2.75) is 45.0 Å². The van der Waals surface area contributed by atoms with Crippen LogP contribution in [0.3, 0.4) is 0 Å². The second-order valence-corrected chi connectivity index (χ2v) is 9.78. The number of nitrogens with one attached hydrogen (secondary N) is 1. The normalized spacial score (nSPS) is 16.1. The first-order chi connectivity index (χ1) is 17.7. The van der Waals surface area contributed by atoms with Crippen molar-refractivity contribution in [2.24, 2.45) is 0 Å². The third-order valence-electron chi connectivity index (χ3n) is 5.77. The number of benzene rings is 2. The van der Waals surface area contributed by atoms with Gasteiger partial charge in [-0.2, -0.15) is 0 Å². The number of thioether (sulfide) groups is 1. The van der Waals surface area contributed by atoms with Crippen LogP contribution in [0.4, 0.5) is 0 Å². The van der Waals surface area contributed by atoms with Crippen LogP contribution in [-0.4, -0.2) is 39.6 Å². The van der Waals surface area contributed by atoms with Crippen LogP contribution in [0, 0.1) is 10.1 Å². The van der Waals surface area contributed by atoms with Crippen molar-refractivity contribution in [3.05, 3.63) is 98.5 Å². The number of nitro groups is 1. The summed E-state index contributed by atoms with van der Waals surface area (Å²) < 4.78 is 11.5. The predicted octanol–water partition coefficient (Wildman–Crippen LogP) is 4.87. The van der Waals surface area contributed by atoms with E-state index in [2.05, 4.69) is 5.32 Å². The van der Waals surface area contributed by atoms with Crippen LogP contribution in [0.5, 0.6) is 5.75 Å². The minimum Gasteiger partial charge on any atom is -0.489 e. The Hall–Kier alpha value is -3.79. The largest absolute Gasteiger partial charge is 0.489 e. The number of hydrogen-bond acceptors (Lipinski definition) is 8. The van der Waals surface area contributed by atoms with Crippen LogP contribution in [0.2, 0.25) is 0 Å². The minimum atomic E-state index is -1.09. The van der Waals surface area contributed by atoms with Crippen molar-refractivity contribution in [2.75, 3.05) is 12.4 Å². The third-order valence-corrected chi connectivity index (χ3v) is 7.16. The fraction of sp³-hybridized carbons (Fsp3) is 0.333. The van der Waals surface area contributed by atoms with Crippen molar-refractivity contribution in [3.8, 4) is 5.75 Å². The molecule has 1 heterocycles. The Kier molecular flexibility index (Phi) is 9.73. The molecule has 2 N–H and O–H groups in total. The van der Waals surface area contributed by atoms with Gasteiger partial charge in [0.2, 0.25) is 0 Å². The van der Waals surface area contributed by atoms with E-state index in [9.17, 15) is 24.8 Å².